The van der Waals surface area contributed by atoms with Crippen LogP contribution >= 0.6 is 0 Å². The third kappa shape index (κ3) is 12.8. The first-order valence-electron chi connectivity index (χ1n) is 14.6. The minimum Gasteiger partial charge on any atom is -0.458 e. The number of piperidine rings is 2. The molecular weight excluding hydrogens is 573 g/mol. The van der Waals surface area contributed by atoms with E-state index in [4.69, 9.17) is 9.47 Å². The van der Waals surface area contributed by atoms with Crippen molar-refractivity contribution in [3.63, 3.8) is 0 Å². The van der Waals surface area contributed by atoms with Crippen LogP contribution in [0, 0.1) is 11.8 Å². The molecule has 2 saturated heterocycles. The number of hydrogen-bond acceptors (Lipinski definition) is 7. The van der Waals surface area contributed by atoms with Crippen molar-refractivity contribution in [3.8, 4) is 0 Å². The van der Waals surface area contributed by atoms with Crippen molar-refractivity contribution in [1.82, 2.24) is 20.4 Å². The first kappa shape index (κ1) is 35.9. The van der Waals surface area contributed by atoms with E-state index in [1.165, 1.54) is 6.08 Å². The van der Waals surface area contributed by atoms with E-state index in [0.717, 1.165) is 0 Å². The Labute approximate surface area is 250 Å². The van der Waals surface area contributed by atoms with Crippen molar-refractivity contribution in [2.24, 2.45) is 11.8 Å². The van der Waals surface area contributed by atoms with Gasteiger partial charge in [0.2, 0.25) is 11.8 Å². The Bertz CT molecular complexity index is 1040. The lowest BCUT2D eigenvalue weighted by Gasteiger charge is -2.33. The van der Waals surface area contributed by atoms with E-state index in [1.54, 1.807) is 35.9 Å². The first-order valence-corrected chi connectivity index (χ1v) is 14.6. The molecule has 14 heteroatoms. The number of carbonyl (C=O) groups excluding carboxylic acids is 5. The fraction of sp³-hybridized carbons (Fsp3) is 0.759. The molecule has 0 radical (unpaired) electrons. The molecular formula is C29H45F3N4O7. The van der Waals surface area contributed by atoms with Gasteiger partial charge in [-0.1, -0.05) is 6.08 Å². The molecule has 0 bridgehead atoms. The zero-order valence-electron chi connectivity index (χ0n) is 25.8. The van der Waals surface area contributed by atoms with E-state index in [1.807, 2.05) is 26.8 Å². The Balaban J connectivity index is 1.93. The number of nitrogens with one attached hydrogen (secondary N) is 2. The molecule has 0 spiro atoms. The summed E-state index contributed by atoms with van der Waals surface area (Å²) in [7, 11) is 0. The number of allylic oxidation sites excluding steroid dienone is 1. The molecule has 0 aromatic rings. The van der Waals surface area contributed by atoms with Crippen molar-refractivity contribution in [3.05, 3.63) is 12.2 Å². The highest BCUT2D eigenvalue weighted by Crippen LogP contribution is 2.22. The number of nitrogens with zero attached hydrogens (tertiary/aromatic N) is 2. The second kappa shape index (κ2) is 14.9. The summed E-state index contributed by atoms with van der Waals surface area (Å²) in [5.41, 5.74) is -1.49. The smallest absolute Gasteiger partial charge is 0.458 e. The van der Waals surface area contributed by atoms with Crippen LogP contribution in [0.15, 0.2) is 12.2 Å². The molecule has 43 heavy (non-hydrogen) atoms. The molecule has 2 atom stereocenters. The van der Waals surface area contributed by atoms with E-state index in [2.05, 4.69) is 5.32 Å². The number of likely N-dealkylation sites (tertiary alicyclic amines) is 2. The predicted octanol–water partition coefficient (Wildman–Crippen LogP) is 3.32. The number of ether oxygens (including phenoxy) is 2. The molecule has 0 aromatic carbocycles. The molecule has 2 N–H and O–H groups in total. The van der Waals surface area contributed by atoms with E-state index < -0.39 is 53.7 Å². The number of amides is 4. The summed E-state index contributed by atoms with van der Waals surface area (Å²) in [6.07, 6.45) is -0.0650. The van der Waals surface area contributed by atoms with Gasteiger partial charge in [0.25, 0.3) is 0 Å². The van der Waals surface area contributed by atoms with Gasteiger partial charge in [-0.25, -0.2) is 9.59 Å². The number of alkyl halides is 3. The summed E-state index contributed by atoms with van der Waals surface area (Å²) in [4.78, 5) is 65.3. The Morgan fingerprint density at radius 1 is 0.884 bits per heavy atom. The van der Waals surface area contributed by atoms with Gasteiger partial charge in [0.15, 0.2) is 0 Å². The molecule has 0 aromatic heterocycles. The van der Waals surface area contributed by atoms with Crippen molar-refractivity contribution >= 4 is 29.8 Å². The molecule has 11 nitrogen and oxygen atoms in total. The Morgan fingerprint density at radius 2 is 1.49 bits per heavy atom. The van der Waals surface area contributed by atoms with Crippen molar-refractivity contribution in [2.45, 2.75) is 97.1 Å². The first-order chi connectivity index (χ1) is 19.7. The maximum Gasteiger partial charge on any atom is 0.471 e. The lowest BCUT2D eigenvalue weighted by molar-refractivity contribution is -0.173. The van der Waals surface area contributed by atoms with E-state index in [-0.39, 0.29) is 30.9 Å². The molecule has 2 aliphatic rings. The summed E-state index contributed by atoms with van der Waals surface area (Å²) in [6, 6.07) is -1.29. The minimum absolute atomic E-state index is 0.109. The van der Waals surface area contributed by atoms with Gasteiger partial charge < -0.3 is 29.9 Å². The van der Waals surface area contributed by atoms with Gasteiger partial charge in [-0.05, 0) is 85.6 Å². The highest BCUT2D eigenvalue weighted by atomic mass is 19.4. The van der Waals surface area contributed by atoms with Gasteiger partial charge >= 0.3 is 24.1 Å². The Kier molecular flexibility index (Phi) is 12.4. The molecule has 0 saturated carbocycles. The molecule has 2 heterocycles. The molecule has 4 amide bonds. The van der Waals surface area contributed by atoms with Crippen LogP contribution in [-0.2, 0) is 28.7 Å². The second-order valence-electron chi connectivity index (χ2n) is 12.9. The van der Waals surface area contributed by atoms with Crippen molar-refractivity contribution in [2.75, 3.05) is 32.7 Å². The van der Waals surface area contributed by atoms with Crippen LogP contribution in [0.5, 0.6) is 0 Å². The average Bonchev–Trinajstić information content (AvgIpc) is 2.88. The van der Waals surface area contributed by atoms with Gasteiger partial charge in [0.1, 0.15) is 17.2 Å². The van der Waals surface area contributed by atoms with Gasteiger partial charge in [0, 0.05) is 32.7 Å². The van der Waals surface area contributed by atoms with Crippen LogP contribution in [-0.4, -0.2) is 95.7 Å². The van der Waals surface area contributed by atoms with Crippen LogP contribution in [0.1, 0.15) is 73.6 Å². The fourth-order valence-corrected chi connectivity index (χ4v) is 4.66. The third-order valence-corrected chi connectivity index (χ3v) is 6.79. The van der Waals surface area contributed by atoms with Gasteiger partial charge in [-0.15, -0.1) is 0 Å². The molecule has 2 rings (SSSR count). The van der Waals surface area contributed by atoms with Crippen LogP contribution in [0.25, 0.3) is 0 Å². The number of halogens is 3. The monoisotopic (exact) mass is 618 g/mol. The van der Waals surface area contributed by atoms with Gasteiger partial charge in [-0.2, -0.15) is 13.2 Å². The lowest BCUT2D eigenvalue weighted by Crippen LogP contribution is -2.51. The summed E-state index contributed by atoms with van der Waals surface area (Å²) in [5.74, 6) is -4.31. The fourth-order valence-electron chi connectivity index (χ4n) is 4.66. The zero-order chi connectivity index (χ0) is 32.6. The predicted molar refractivity (Wildman–Crippen MR) is 150 cm³/mol. The van der Waals surface area contributed by atoms with Gasteiger partial charge in [-0.3, -0.25) is 14.4 Å². The summed E-state index contributed by atoms with van der Waals surface area (Å²) in [5, 5.41) is 4.24. The van der Waals surface area contributed by atoms with E-state index >= 15 is 0 Å². The number of esters is 1. The SMILES string of the molecule is CC(C)(C)OC(=O)[C@H](CCNC(=O)C(F)(F)F)NC(=O)[C@@H]1CCCN(C(=O)/C=C/C2CCN(C(=O)OC(C)(C)C)CC2)C1. The largest absolute Gasteiger partial charge is 0.471 e. The Hall–Kier alpha value is -3.32. The number of hydrogen-bond donors (Lipinski definition) is 2. The Morgan fingerprint density at radius 3 is 2.05 bits per heavy atom. The van der Waals surface area contributed by atoms with Gasteiger partial charge in [0.05, 0.1) is 5.92 Å². The van der Waals surface area contributed by atoms with Crippen molar-refractivity contribution < 1.29 is 46.6 Å². The number of carbonyl (C=O) groups is 5. The topological polar surface area (TPSA) is 134 Å². The molecule has 0 aliphatic carbocycles. The summed E-state index contributed by atoms with van der Waals surface area (Å²) in [6.45, 7) is 11.3. The molecule has 2 aliphatic heterocycles. The second-order valence-corrected chi connectivity index (χ2v) is 12.9. The summed E-state index contributed by atoms with van der Waals surface area (Å²) >= 11 is 0. The van der Waals surface area contributed by atoms with Crippen LogP contribution < -0.4 is 10.6 Å². The highest BCUT2D eigenvalue weighted by Gasteiger charge is 2.39. The minimum atomic E-state index is -5.07. The lowest BCUT2D eigenvalue weighted by atomic mass is 9.95. The van der Waals surface area contributed by atoms with Crippen molar-refractivity contribution in [1.29, 1.82) is 0 Å². The molecule has 2 fully saturated rings. The summed E-state index contributed by atoms with van der Waals surface area (Å²) < 4.78 is 48.3. The van der Waals surface area contributed by atoms with E-state index in [0.29, 0.717) is 45.3 Å². The third-order valence-electron chi connectivity index (χ3n) is 6.79. The van der Waals surface area contributed by atoms with Crippen LogP contribution in [0.2, 0.25) is 0 Å². The van der Waals surface area contributed by atoms with Crippen LogP contribution in [0.3, 0.4) is 0 Å². The maximum absolute atomic E-state index is 13.1. The average molecular weight is 619 g/mol. The normalized spacial score (nSPS) is 19.5. The zero-order valence-corrected chi connectivity index (χ0v) is 25.8. The van der Waals surface area contributed by atoms with Crippen LogP contribution in [0.4, 0.5) is 18.0 Å². The molecule has 0 unspecified atom stereocenters. The highest BCUT2D eigenvalue weighted by molar-refractivity contribution is 5.89. The maximum atomic E-state index is 13.1. The molecule has 244 valence electrons. The standard InChI is InChI=1S/C29H45F3N4O7/c1-27(2,3)42-24(39)21(11-14-33-25(40)29(30,31)32)34-23(38)20-8-7-15-36(18-20)22(37)10-9-19-12-16-35(17-13-19)26(41)43-28(4,5)6/h9-10,19-21H,7-8,11-18H2,1-6H3,(H,33,40)(H,34,38)/b10-9+/t20-,21+/m1/s1. The van der Waals surface area contributed by atoms with E-state index in [9.17, 15) is 37.1 Å². The quantitative estimate of drug-likeness (QED) is 0.315. The number of rotatable bonds is 8.